The average Bonchev–Trinajstić information content (AvgIpc) is 3.64. The van der Waals surface area contributed by atoms with E-state index in [1.807, 2.05) is 36.4 Å². The van der Waals surface area contributed by atoms with Crippen molar-refractivity contribution in [2.45, 2.75) is 31.7 Å². The first kappa shape index (κ1) is 21.8. The van der Waals surface area contributed by atoms with Crippen molar-refractivity contribution in [2.24, 2.45) is 5.92 Å². The van der Waals surface area contributed by atoms with Crippen LogP contribution in [0.1, 0.15) is 46.7 Å². The van der Waals surface area contributed by atoms with E-state index < -0.39 is 11.3 Å². The number of aliphatic hydroxyl groups is 1. The Morgan fingerprint density at radius 1 is 1.06 bits per heavy atom. The van der Waals surface area contributed by atoms with Crippen molar-refractivity contribution >= 4 is 0 Å². The molecule has 1 heterocycles. The van der Waals surface area contributed by atoms with Crippen molar-refractivity contribution in [3.63, 3.8) is 0 Å². The maximum Gasteiger partial charge on any atom is 0.293 e. The fourth-order valence-electron chi connectivity index (χ4n) is 3.53. The molecule has 1 aliphatic rings. The maximum absolute atomic E-state index is 11.5. The largest absolute Gasteiger partial charge is 0.502 e. The molecule has 1 fully saturated rings. The Bertz CT molecular complexity index is 1150. The summed E-state index contributed by atoms with van der Waals surface area (Å²) in [4.78, 5) is 17.9. The van der Waals surface area contributed by atoms with E-state index >= 15 is 0 Å². The zero-order valence-electron chi connectivity index (χ0n) is 17.8. The summed E-state index contributed by atoms with van der Waals surface area (Å²) < 4.78 is 0. The summed E-state index contributed by atoms with van der Waals surface area (Å²) in [6.45, 7) is 1.87. The predicted octanol–water partition coefficient (Wildman–Crippen LogP) is 2.69. The molecular formula is C26H27N3O3. The molecule has 0 amide bonds. The highest BCUT2D eigenvalue weighted by molar-refractivity contribution is 5.44. The summed E-state index contributed by atoms with van der Waals surface area (Å²) >= 11 is 0. The molecule has 4 N–H and O–H groups in total. The Morgan fingerprint density at radius 3 is 2.34 bits per heavy atom. The number of nitrogens with zero attached hydrogens (tertiary/aromatic N) is 1. The van der Waals surface area contributed by atoms with Gasteiger partial charge in [-0.2, -0.15) is 0 Å². The highest BCUT2D eigenvalue weighted by Crippen LogP contribution is 2.27. The standard InChI is InChI=1S/C26H27N3O3/c30-16-23(13-24-25(31)26(32)29-17-28-24)22-11-9-19(10-12-22)2-1-18-3-5-20(6-4-18)14-27-15-21-7-8-21/h3-6,9-12,17,21,23,27,30-31H,7-8,13-16H2,(H,28,29,32). The first-order valence-electron chi connectivity index (χ1n) is 10.9. The molecule has 1 saturated carbocycles. The smallest absolute Gasteiger partial charge is 0.293 e. The van der Waals surface area contributed by atoms with Crippen LogP contribution in [0.3, 0.4) is 0 Å². The fraction of sp³-hybridized carbons (Fsp3) is 0.308. The van der Waals surface area contributed by atoms with Gasteiger partial charge in [0, 0.05) is 30.0 Å². The SMILES string of the molecule is O=c1[nH]cnc(CC(CO)c2ccc(C#Cc3ccc(CNCC4CC4)cc3)cc2)c1O. The van der Waals surface area contributed by atoms with E-state index in [1.165, 1.54) is 24.7 Å². The molecule has 0 saturated heterocycles. The molecule has 1 atom stereocenters. The molecule has 6 nitrogen and oxygen atoms in total. The van der Waals surface area contributed by atoms with E-state index in [1.54, 1.807) is 0 Å². The molecule has 4 rings (SSSR count). The molecule has 32 heavy (non-hydrogen) atoms. The minimum Gasteiger partial charge on any atom is -0.502 e. The van der Waals surface area contributed by atoms with Crippen LogP contribution in [0.2, 0.25) is 0 Å². The van der Waals surface area contributed by atoms with Gasteiger partial charge in [0.05, 0.1) is 18.6 Å². The second-order valence-corrected chi connectivity index (χ2v) is 8.25. The van der Waals surface area contributed by atoms with E-state index in [0.29, 0.717) is 0 Å². The monoisotopic (exact) mass is 429 g/mol. The van der Waals surface area contributed by atoms with E-state index in [4.69, 9.17) is 0 Å². The maximum atomic E-state index is 11.5. The molecule has 2 aromatic carbocycles. The van der Waals surface area contributed by atoms with Crippen molar-refractivity contribution < 1.29 is 10.2 Å². The molecule has 0 bridgehead atoms. The first-order chi connectivity index (χ1) is 15.6. The third kappa shape index (κ3) is 5.85. The number of aromatic amines is 1. The predicted molar refractivity (Wildman–Crippen MR) is 123 cm³/mol. The van der Waals surface area contributed by atoms with E-state index in [2.05, 4.69) is 39.3 Å². The number of H-pyrrole nitrogens is 1. The van der Waals surface area contributed by atoms with Crippen LogP contribution in [-0.2, 0) is 13.0 Å². The lowest BCUT2D eigenvalue weighted by Crippen LogP contribution is -2.15. The molecule has 3 aromatic rings. The quantitative estimate of drug-likeness (QED) is 0.413. The first-order valence-corrected chi connectivity index (χ1v) is 10.9. The number of benzene rings is 2. The van der Waals surface area contributed by atoms with Crippen LogP contribution >= 0.6 is 0 Å². The van der Waals surface area contributed by atoms with Gasteiger partial charge >= 0.3 is 0 Å². The molecule has 1 unspecified atom stereocenters. The van der Waals surface area contributed by atoms with Gasteiger partial charge in [0.1, 0.15) is 0 Å². The summed E-state index contributed by atoms with van der Waals surface area (Å²) in [6, 6.07) is 15.9. The van der Waals surface area contributed by atoms with Gasteiger partial charge in [0.15, 0.2) is 0 Å². The van der Waals surface area contributed by atoms with Crippen molar-refractivity contribution in [3.8, 4) is 17.6 Å². The number of hydrogen-bond acceptors (Lipinski definition) is 5. The number of aromatic hydroxyl groups is 1. The van der Waals surface area contributed by atoms with Gasteiger partial charge in [-0.3, -0.25) is 4.79 Å². The van der Waals surface area contributed by atoms with Gasteiger partial charge < -0.3 is 20.5 Å². The van der Waals surface area contributed by atoms with E-state index in [0.717, 1.165) is 35.7 Å². The van der Waals surface area contributed by atoms with E-state index in [9.17, 15) is 15.0 Å². The number of rotatable bonds is 8. The molecule has 1 aliphatic carbocycles. The summed E-state index contributed by atoms with van der Waals surface area (Å²) in [5, 5.41) is 23.2. The average molecular weight is 430 g/mol. The van der Waals surface area contributed by atoms with Gasteiger partial charge in [-0.1, -0.05) is 36.1 Å². The lowest BCUT2D eigenvalue weighted by atomic mass is 9.94. The van der Waals surface area contributed by atoms with E-state index in [-0.39, 0.29) is 24.6 Å². The third-order valence-corrected chi connectivity index (χ3v) is 5.71. The summed E-state index contributed by atoms with van der Waals surface area (Å²) in [5.41, 5.74) is 3.67. The van der Waals surface area contributed by atoms with Crippen molar-refractivity contribution in [1.29, 1.82) is 0 Å². The third-order valence-electron chi connectivity index (χ3n) is 5.71. The lowest BCUT2D eigenvalue weighted by Gasteiger charge is -2.14. The van der Waals surface area contributed by atoms with Crippen molar-refractivity contribution in [1.82, 2.24) is 15.3 Å². The highest BCUT2D eigenvalue weighted by atomic mass is 16.3. The summed E-state index contributed by atoms with van der Waals surface area (Å²) in [7, 11) is 0. The van der Waals surface area contributed by atoms with Crippen molar-refractivity contribution in [3.05, 3.63) is 93.2 Å². The Morgan fingerprint density at radius 2 is 1.72 bits per heavy atom. The minimum atomic E-state index is -0.583. The minimum absolute atomic E-state index is 0.124. The zero-order valence-corrected chi connectivity index (χ0v) is 17.8. The van der Waals surface area contributed by atoms with Gasteiger partial charge in [0.25, 0.3) is 5.56 Å². The normalized spacial score (nSPS) is 13.9. The van der Waals surface area contributed by atoms with Crippen LogP contribution in [0.25, 0.3) is 0 Å². The zero-order chi connectivity index (χ0) is 22.3. The second kappa shape index (κ2) is 10.3. The topological polar surface area (TPSA) is 98.2 Å². The molecule has 0 aliphatic heterocycles. The molecule has 0 radical (unpaired) electrons. The molecule has 6 heteroatoms. The van der Waals surface area contributed by atoms with Crippen LogP contribution < -0.4 is 10.9 Å². The van der Waals surface area contributed by atoms with Gasteiger partial charge in [-0.15, -0.1) is 0 Å². The van der Waals surface area contributed by atoms with Crippen molar-refractivity contribution in [2.75, 3.05) is 13.2 Å². The molecular weight excluding hydrogens is 402 g/mol. The Balaban J connectivity index is 1.37. The Hall–Kier alpha value is -3.40. The molecule has 1 aromatic heterocycles. The van der Waals surface area contributed by atoms with Crippen LogP contribution in [0.5, 0.6) is 5.75 Å². The van der Waals surface area contributed by atoms with Gasteiger partial charge in [-0.25, -0.2) is 4.98 Å². The molecule has 164 valence electrons. The fourth-order valence-corrected chi connectivity index (χ4v) is 3.53. The van der Waals surface area contributed by atoms with Crippen LogP contribution in [0.4, 0.5) is 0 Å². The Kier molecular flexibility index (Phi) is 7.00. The van der Waals surface area contributed by atoms with Gasteiger partial charge in [0.2, 0.25) is 5.75 Å². The second-order valence-electron chi connectivity index (χ2n) is 8.25. The lowest BCUT2D eigenvalue weighted by molar-refractivity contribution is 0.263. The highest BCUT2D eigenvalue weighted by Gasteiger charge is 2.20. The molecule has 0 spiro atoms. The number of aromatic nitrogens is 2. The van der Waals surface area contributed by atoms with Crippen LogP contribution in [-0.4, -0.2) is 33.3 Å². The number of hydrogen-bond donors (Lipinski definition) is 4. The summed E-state index contributed by atoms with van der Waals surface area (Å²) in [5.74, 6) is 6.56. The number of nitrogens with one attached hydrogen (secondary N) is 2. The van der Waals surface area contributed by atoms with Crippen LogP contribution in [0.15, 0.2) is 59.7 Å². The van der Waals surface area contributed by atoms with Crippen LogP contribution in [0, 0.1) is 17.8 Å². The number of aliphatic hydroxyl groups excluding tert-OH is 1. The van der Waals surface area contributed by atoms with Gasteiger partial charge in [-0.05, 0) is 60.7 Å². The Labute approximate surface area is 187 Å². The summed E-state index contributed by atoms with van der Waals surface area (Å²) in [6.07, 6.45) is 4.23.